The van der Waals surface area contributed by atoms with E-state index in [1.807, 2.05) is 0 Å². The van der Waals surface area contributed by atoms with Crippen LogP contribution in [0.3, 0.4) is 0 Å². The molecule has 0 aliphatic rings. The van der Waals surface area contributed by atoms with Gasteiger partial charge in [-0.15, -0.1) is 0 Å². The molecule has 0 N–H and O–H groups in total. The molecule has 0 bridgehead atoms. The molecule has 0 aliphatic carbocycles. The van der Waals surface area contributed by atoms with Gasteiger partial charge in [0.25, 0.3) is 0 Å². The number of pyridine rings is 1. The second-order valence-electron chi connectivity index (χ2n) is 3.34. The number of aromatic nitrogens is 1. The number of carbonyl (C=O) groups excluding carboxylic acids is 1. The van der Waals surface area contributed by atoms with Crippen LogP contribution < -0.4 is 0 Å². The average molecular weight is 287 g/mol. The number of aldehydes is 1. The van der Waals surface area contributed by atoms with Crippen LogP contribution in [0.25, 0.3) is 11.3 Å². The largest absolute Gasteiger partial charge is 0.296 e. The van der Waals surface area contributed by atoms with Gasteiger partial charge in [0.1, 0.15) is 5.69 Å². The Bertz CT molecular complexity index is 564. The molecule has 2 rings (SSSR count). The van der Waals surface area contributed by atoms with Crippen molar-refractivity contribution in [3.8, 4) is 11.3 Å². The molecule has 1 aromatic heterocycles. The third kappa shape index (κ3) is 2.78. The lowest BCUT2D eigenvalue weighted by atomic mass is 10.1. The van der Waals surface area contributed by atoms with Gasteiger partial charge in [0.2, 0.25) is 0 Å². The Kier molecular flexibility index (Phi) is 3.67. The van der Waals surface area contributed by atoms with Gasteiger partial charge < -0.3 is 0 Å². The Morgan fingerprint density at radius 3 is 2.24 bits per heavy atom. The van der Waals surface area contributed by atoms with Gasteiger partial charge in [-0.2, -0.15) is 0 Å². The zero-order valence-corrected chi connectivity index (χ0v) is 10.7. The van der Waals surface area contributed by atoms with E-state index in [4.69, 9.17) is 34.8 Å². The van der Waals surface area contributed by atoms with Crippen LogP contribution in [0.5, 0.6) is 0 Å². The minimum atomic E-state index is 0.306. The maximum absolute atomic E-state index is 10.7. The van der Waals surface area contributed by atoms with E-state index in [0.717, 1.165) is 0 Å². The molecule has 1 aromatic carbocycles. The predicted octanol–water partition coefficient (Wildman–Crippen LogP) is 4.52. The first-order chi connectivity index (χ1) is 8.10. The molecule has 17 heavy (non-hydrogen) atoms. The lowest BCUT2D eigenvalue weighted by Gasteiger charge is -2.05. The molecule has 86 valence electrons. The zero-order valence-electron chi connectivity index (χ0n) is 8.45. The summed E-state index contributed by atoms with van der Waals surface area (Å²) < 4.78 is 0. The minimum absolute atomic E-state index is 0.306. The molecule has 0 spiro atoms. The van der Waals surface area contributed by atoms with Gasteiger partial charge in [0.15, 0.2) is 6.29 Å². The van der Waals surface area contributed by atoms with Crippen molar-refractivity contribution >= 4 is 41.1 Å². The van der Waals surface area contributed by atoms with Crippen molar-refractivity contribution in [2.45, 2.75) is 0 Å². The fourth-order valence-corrected chi connectivity index (χ4v) is 2.16. The highest BCUT2D eigenvalue weighted by atomic mass is 35.5. The fraction of sp³-hybridized carbons (Fsp3) is 0. The fourth-order valence-electron chi connectivity index (χ4n) is 1.42. The maximum Gasteiger partial charge on any atom is 0.168 e. The van der Waals surface area contributed by atoms with Crippen molar-refractivity contribution in [2.75, 3.05) is 0 Å². The summed E-state index contributed by atoms with van der Waals surface area (Å²) in [6, 6.07) is 8.16. The van der Waals surface area contributed by atoms with Crippen molar-refractivity contribution in [3.63, 3.8) is 0 Å². The Labute approximate surface area is 113 Å². The van der Waals surface area contributed by atoms with Crippen LogP contribution in [-0.2, 0) is 0 Å². The Hall–Kier alpha value is -1.09. The quantitative estimate of drug-likeness (QED) is 0.760. The van der Waals surface area contributed by atoms with E-state index >= 15 is 0 Å². The van der Waals surface area contributed by atoms with Crippen LogP contribution in [0.2, 0.25) is 15.1 Å². The summed E-state index contributed by atoms with van der Waals surface area (Å²) in [6.45, 7) is 0. The number of nitrogens with zero attached hydrogens (tertiary/aromatic N) is 1. The van der Waals surface area contributed by atoms with Crippen LogP contribution in [-0.4, -0.2) is 11.3 Å². The second-order valence-corrected chi connectivity index (χ2v) is 4.62. The number of rotatable bonds is 2. The minimum Gasteiger partial charge on any atom is -0.296 e. The molecule has 5 heteroatoms. The first-order valence-electron chi connectivity index (χ1n) is 4.68. The molecule has 2 aromatic rings. The molecule has 1 heterocycles. The van der Waals surface area contributed by atoms with Crippen LogP contribution in [0, 0.1) is 0 Å². The number of carbonyl (C=O) groups is 1. The number of benzene rings is 1. The summed E-state index contributed by atoms with van der Waals surface area (Å²) in [5, 5.41) is 1.41. The van der Waals surface area contributed by atoms with E-state index in [9.17, 15) is 4.79 Å². The third-order valence-electron chi connectivity index (χ3n) is 2.12. The van der Waals surface area contributed by atoms with Crippen LogP contribution in [0.4, 0.5) is 0 Å². The van der Waals surface area contributed by atoms with Gasteiger partial charge in [-0.3, -0.25) is 4.79 Å². The van der Waals surface area contributed by atoms with Crippen LogP contribution >= 0.6 is 34.8 Å². The monoisotopic (exact) mass is 285 g/mol. The Morgan fingerprint density at radius 2 is 1.65 bits per heavy atom. The lowest BCUT2D eigenvalue weighted by molar-refractivity contribution is 0.111. The average Bonchev–Trinajstić information content (AvgIpc) is 2.28. The van der Waals surface area contributed by atoms with E-state index < -0.39 is 0 Å². The summed E-state index contributed by atoms with van der Waals surface area (Å²) >= 11 is 17.8. The normalized spacial score (nSPS) is 10.3. The lowest BCUT2D eigenvalue weighted by Crippen LogP contribution is -1.91. The molecule has 0 amide bonds. The smallest absolute Gasteiger partial charge is 0.168 e. The highest BCUT2D eigenvalue weighted by Crippen LogP contribution is 2.30. The highest BCUT2D eigenvalue weighted by Gasteiger charge is 2.08. The first-order valence-corrected chi connectivity index (χ1v) is 5.82. The summed E-state index contributed by atoms with van der Waals surface area (Å²) in [7, 11) is 0. The summed E-state index contributed by atoms with van der Waals surface area (Å²) in [4.78, 5) is 14.8. The molecule has 0 aliphatic heterocycles. The van der Waals surface area contributed by atoms with E-state index in [1.54, 1.807) is 30.3 Å². The van der Waals surface area contributed by atoms with Gasteiger partial charge in [-0.25, -0.2) is 4.98 Å². The van der Waals surface area contributed by atoms with Gasteiger partial charge in [-0.05, 0) is 30.3 Å². The van der Waals surface area contributed by atoms with Gasteiger partial charge in [0.05, 0.1) is 10.7 Å². The van der Waals surface area contributed by atoms with Crippen molar-refractivity contribution in [3.05, 3.63) is 51.1 Å². The number of hydrogen-bond acceptors (Lipinski definition) is 2. The van der Waals surface area contributed by atoms with Crippen molar-refractivity contribution in [1.82, 2.24) is 4.98 Å². The summed E-state index contributed by atoms with van der Waals surface area (Å²) in [5.74, 6) is 0. The van der Waals surface area contributed by atoms with E-state index in [1.165, 1.54) is 0 Å². The van der Waals surface area contributed by atoms with Crippen molar-refractivity contribution < 1.29 is 4.79 Å². The SMILES string of the molecule is O=Cc1ccc(Cl)c(-c2cc(Cl)cc(Cl)c2)n1. The Balaban J connectivity index is 2.62. The third-order valence-corrected chi connectivity index (χ3v) is 2.87. The molecular formula is C12H6Cl3NO. The van der Waals surface area contributed by atoms with E-state index in [-0.39, 0.29) is 0 Å². The van der Waals surface area contributed by atoms with Gasteiger partial charge in [0, 0.05) is 15.6 Å². The number of halogens is 3. The summed E-state index contributed by atoms with van der Waals surface area (Å²) in [5.41, 5.74) is 1.47. The molecule has 0 saturated carbocycles. The standard InChI is InChI=1S/C12H6Cl3NO/c13-8-3-7(4-9(14)5-8)12-11(15)2-1-10(6-17)16-12/h1-6H. The maximum atomic E-state index is 10.7. The molecule has 0 radical (unpaired) electrons. The molecule has 0 atom stereocenters. The van der Waals surface area contributed by atoms with E-state index in [0.29, 0.717) is 38.3 Å². The number of hydrogen-bond donors (Lipinski definition) is 0. The Morgan fingerprint density at radius 1 is 1.00 bits per heavy atom. The molecule has 0 saturated heterocycles. The second kappa shape index (κ2) is 5.05. The summed E-state index contributed by atoms with van der Waals surface area (Å²) in [6.07, 6.45) is 0.659. The van der Waals surface area contributed by atoms with Crippen LogP contribution in [0.15, 0.2) is 30.3 Å². The molecule has 2 nitrogen and oxygen atoms in total. The van der Waals surface area contributed by atoms with Gasteiger partial charge in [-0.1, -0.05) is 34.8 Å². The molecule has 0 unspecified atom stereocenters. The molecular weight excluding hydrogens is 280 g/mol. The topological polar surface area (TPSA) is 30.0 Å². The van der Waals surface area contributed by atoms with Crippen LogP contribution in [0.1, 0.15) is 10.5 Å². The van der Waals surface area contributed by atoms with Crippen molar-refractivity contribution in [1.29, 1.82) is 0 Å². The van der Waals surface area contributed by atoms with E-state index in [2.05, 4.69) is 4.98 Å². The predicted molar refractivity (Wildman–Crippen MR) is 70.1 cm³/mol. The molecule has 0 fully saturated rings. The van der Waals surface area contributed by atoms with Gasteiger partial charge >= 0.3 is 0 Å². The first kappa shape index (κ1) is 12.4. The van der Waals surface area contributed by atoms with Crippen molar-refractivity contribution in [2.24, 2.45) is 0 Å². The highest BCUT2D eigenvalue weighted by molar-refractivity contribution is 6.36. The zero-order chi connectivity index (χ0) is 12.4.